The normalized spacial score (nSPS) is 10.3. The summed E-state index contributed by atoms with van der Waals surface area (Å²) in [4.78, 5) is 16.0. The molecule has 0 aliphatic carbocycles. The summed E-state index contributed by atoms with van der Waals surface area (Å²) in [6, 6.07) is 0. The summed E-state index contributed by atoms with van der Waals surface area (Å²) in [5.41, 5.74) is 8.28. The lowest BCUT2D eigenvalue weighted by atomic mass is 9.92. The number of hydrogen-bond donors (Lipinski definition) is 2. The first-order chi connectivity index (χ1) is 8.15. The van der Waals surface area contributed by atoms with Gasteiger partial charge in [-0.25, -0.2) is 4.98 Å². The Morgan fingerprint density at radius 2 is 2.05 bits per heavy atom. The van der Waals surface area contributed by atoms with Crippen molar-refractivity contribution in [3.8, 4) is 0 Å². The molecule has 112 valence electrons. The minimum atomic E-state index is -0.237. The van der Waals surface area contributed by atoms with Crippen molar-refractivity contribution in [2.24, 2.45) is 5.73 Å². The number of nitrogens with one attached hydrogen (secondary N) is 1. The van der Waals surface area contributed by atoms with Gasteiger partial charge >= 0.3 is 0 Å². The van der Waals surface area contributed by atoms with E-state index in [4.69, 9.17) is 5.73 Å². The number of hydrogen-bond acceptors (Lipinski definition) is 4. The Kier molecular flexibility index (Phi) is 11.5. The van der Waals surface area contributed by atoms with Gasteiger partial charge in [0, 0.05) is 18.3 Å². The zero-order valence-corrected chi connectivity index (χ0v) is 13.8. The van der Waals surface area contributed by atoms with Crippen LogP contribution in [0.1, 0.15) is 38.8 Å². The summed E-state index contributed by atoms with van der Waals surface area (Å²) in [5.74, 6) is 0.0622. The summed E-state index contributed by atoms with van der Waals surface area (Å²) >= 11 is 1.56. The number of nitrogens with two attached hydrogens (primary N) is 1. The zero-order valence-electron chi connectivity index (χ0n) is 11.3. The first kappa shape index (κ1) is 20.9. The molecule has 1 aromatic heterocycles. The summed E-state index contributed by atoms with van der Waals surface area (Å²) in [7, 11) is 0. The molecule has 1 heterocycles. The maximum Gasteiger partial charge on any atom is 0.220 e. The fraction of sp³-hybridized carbons (Fsp3) is 0.667. The number of amides is 1. The van der Waals surface area contributed by atoms with Gasteiger partial charge in [0.15, 0.2) is 0 Å². The summed E-state index contributed by atoms with van der Waals surface area (Å²) in [5, 5.41) is 5.03. The van der Waals surface area contributed by atoms with Gasteiger partial charge in [-0.3, -0.25) is 4.79 Å². The fourth-order valence-corrected chi connectivity index (χ4v) is 2.32. The minimum Gasteiger partial charge on any atom is -0.349 e. The predicted octanol–water partition coefficient (Wildman–Crippen LogP) is 2.55. The third-order valence-electron chi connectivity index (χ3n) is 3.24. The molecule has 1 rings (SSSR count). The standard InChI is InChI=1S/C12H21N3OS.2ClH/c1-3-12(4-2,8-13)15-11(16)6-5-10-7-17-9-14-10;;/h7,9H,3-6,8,13H2,1-2H3,(H,15,16);2*1H. The smallest absolute Gasteiger partial charge is 0.220 e. The highest BCUT2D eigenvalue weighted by Crippen LogP contribution is 2.13. The third-order valence-corrected chi connectivity index (χ3v) is 3.88. The van der Waals surface area contributed by atoms with Gasteiger partial charge in [0.1, 0.15) is 0 Å². The van der Waals surface area contributed by atoms with Gasteiger partial charge in [0.25, 0.3) is 0 Å². The lowest BCUT2D eigenvalue weighted by Crippen LogP contribution is -2.52. The van der Waals surface area contributed by atoms with E-state index in [2.05, 4.69) is 24.1 Å². The molecule has 0 saturated carbocycles. The number of nitrogens with zero attached hydrogens (tertiary/aromatic N) is 1. The van der Waals surface area contributed by atoms with Crippen molar-refractivity contribution in [2.45, 2.75) is 45.1 Å². The van der Waals surface area contributed by atoms with Gasteiger partial charge in [0.05, 0.1) is 16.7 Å². The summed E-state index contributed by atoms with van der Waals surface area (Å²) in [6.45, 7) is 4.59. The SMILES string of the molecule is CCC(CC)(CN)NC(=O)CCc1cscn1.Cl.Cl. The first-order valence-corrected chi connectivity index (χ1v) is 6.98. The second kappa shape index (κ2) is 10.4. The average Bonchev–Trinajstić information content (AvgIpc) is 2.87. The second-order valence-electron chi connectivity index (χ2n) is 4.22. The molecule has 7 heteroatoms. The Morgan fingerprint density at radius 1 is 1.42 bits per heavy atom. The van der Waals surface area contributed by atoms with Crippen LogP contribution in [0.2, 0.25) is 0 Å². The van der Waals surface area contributed by atoms with Crippen LogP contribution in [0, 0.1) is 0 Å². The summed E-state index contributed by atoms with van der Waals surface area (Å²) < 4.78 is 0. The van der Waals surface area contributed by atoms with Crippen LogP contribution >= 0.6 is 36.2 Å². The van der Waals surface area contributed by atoms with Crippen LogP contribution in [0.3, 0.4) is 0 Å². The maximum atomic E-state index is 11.8. The van der Waals surface area contributed by atoms with E-state index in [-0.39, 0.29) is 36.3 Å². The van der Waals surface area contributed by atoms with E-state index >= 15 is 0 Å². The molecule has 4 nitrogen and oxygen atoms in total. The Hall–Kier alpha value is -0.360. The highest BCUT2D eigenvalue weighted by Gasteiger charge is 2.25. The summed E-state index contributed by atoms with van der Waals surface area (Å²) in [6.07, 6.45) is 2.90. The molecule has 0 unspecified atom stereocenters. The van der Waals surface area contributed by atoms with E-state index in [0.717, 1.165) is 18.5 Å². The van der Waals surface area contributed by atoms with Gasteiger partial charge in [-0.05, 0) is 19.3 Å². The van der Waals surface area contributed by atoms with Crippen molar-refractivity contribution in [3.63, 3.8) is 0 Å². The number of carbonyl (C=O) groups excluding carboxylic acids is 1. The van der Waals surface area contributed by atoms with E-state index in [9.17, 15) is 4.79 Å². The number of aryl methyl sites for hydroxylation is 1. The highest BCUT2D eigenvalue weighted by molar-refractivity contribution is 7.07. The van der Waals surface area contributed by atoms with Crippen LogP contribution in [0.5, 0.6) is 0 Å². The van der Waals surface area contributed by atoms with Gasteiger partial charge in [-0.15, -0.1) is 36.2 Å². The van der Waals surface area contributed by atoms with E-state index in [0.29, 0.717) is 19.4 Å². The Labute approximate surface area is 131 Å². The van der Waals surface area contributed by atoms with Crippen LogP contribution < -0.4 is 11.1 Å². The zero-order chi connectivity index (χ0) is 12.7. The number of carbonyl (C=O) groups is 1. The fourth-order valence-electron chi connectivity index (χ4n) is 1.73. The molecule has 0 fully saturated rings. The van der Waals surface area contributed by atoms with Crippen LogP contribution in [-0.2, 0) is 11.2 Å². The van der Waals surface area contributed by atoms with Crippen molar-refractivity contribution >= 4 is 42.1 Å². The average molecular weight is 328 g/mol. The largest absolute Gasteiger partial charge is 0.349 e. The van der Waals surface area contributed by atoms with Crippen molar-refractivity contribution in [1.82, 2.24) is 10.3 Å². The van der Waals surface area contributed by atoms with Gasteiger partial charge in [0.2, 0.25) is 5.91 Å². The molecule has 0 spiro atoms. The molecule has 0 radical (unpaired) electrons. The van der Waals surface area contributed by atoms with Crippen LogP contribution in [0.15, 0.2) is 10.9 Å². The molecule has 1 amide bonds. The molecule has 0 aromatic carbocycles. The van der Waals surface area contributed by atoms with E-state index in [1.54, 1.807) is 16.8 Å². The maximum absolute atomic E-state index is 11.8. The predicted molar refractivity (Wildman–Crippen MR) is 85.4 cm³/mol. The first-order valence-electron chi connectivity index (χ1n) is 6.04. The third kappa shape index (κ3) is 6.56. The number of rotatable bonds is 7. The van der Waals surface area contributed by atoms with Gasteiger partial charge < -0.3 is 11.1 Å². The van der Waals surface area contributed by atoms with Crippen molar-refractivity contribution < 1.29 is 4.79 Å². The van der Waals surface area contributed by atoms with Crippen molar-refractivity contribution in [3.05, 3.63) is 16.6 Å². The number of thiazole rings is 1. The molecule has 0 saturated heterocycles. The van der Waals surface area contributed by atoms with E-state index < -0.39 is 0 Å². The van der Waals surface area contributed by atoms with Crippen molar-refractivity contribution in [1.29, 1.82) is 0 Å². The Balaban J connectivity index is 0. The van der Waals surface area contributed by atoms with E-state index in [1.165, 1.54) is 0 Å². The number of halogens is 2. The van der Waals surface area contributed by atoms with Crippen LogP contribution in [0.25, 0.3) is 0 Å². The molecular formula is C12H23Cl2N3OS. The quantitative estimate of drug-likeness (QED) is 0.808. The number of aromatic nitrogens is 1. The van der Waals surface area contributed by atoms with Crippen molar-refractivity contribution in [2.75, 3.05) is 6.54 Å². The van der Waals surface area contributed by atoms with Crippen LogP contribution in [-0.4, -0.2) is 23.0 Å². The Bertz CT molecular complexity index is 334. The monoisotopic (exact) mass is 327 g/mol. The lowest BCUT2D eigenvalue weighted by molar-refractivity contribution is -0.123. The highest BCUT2D eigenvalue weighted by atomic mass is 35.5. The molecule has 0 atom stereocenters. The molecule has 0 bridgehead atoms. The molecule has 19 heavy (non-hydrogen) atoms. The molecule has 3 N–H and O–H groups in total. The van der Waals surface area contributed by atoms with Crippen LogP contribution in [0.4, 0.5) is 0 Å². The minimum absolute atomic E-state index is 0. The van der Waals surface area contributed by atoms with Gasteiger partial charge in [-0.2, -0.15) is 0 Å². The molecule has 0 aliphatic heterocycles. The topological polar surface area (TPSA) is 68.0 Å². The molecular weight excluding hydrogens is 305 g/mol. The second-order valence-corrected chi connectivity index (χ2v) is 4.94. The molecule has 1 aromatic rings. The molecule has 0 aliphatic rings. The van der Waals surface area contributed by atoms with E-state index in [1.807, 2.05) is 5.38 Å². The lowest BCUT2D eigenvalue weighted by Gasteiger charge is -2.31. The van der Waals surface area contributed by atoms with Gasteiger partial charge in [-0.1, -0.05) is 13.8 Å². The Morgan fingerprint density at radius 3 is 2.47 bits per heavy atom.